The molecule has 1 amide bonds. The largest absolute Gasteiger partial charge is 0.409 e. The molecule has 1 aliphatic heterocycles. The van der Waals surface area contributed by atoms with Crippen LogP contribution in [0.3, 0.4) is 0 Å². The molecule has 2 aliphatic rings. The first-order chi connectivity index (χ1) is 8.06. The van der Waals surface area contributed by atoms with Gasteiger partial charge in [0.05, 0.1) is 0 Å². The summed E-state index contributed by atoms with van der Waals surface area (Å²) in [6.07, 6.45) is 4.51. The molecule has 5 nitrogen and oxygen atoms in total. The van der Waals surface area contributed by atoms with Gasteiger partial charge >= 0.3 is 0 Å². The lowest BCUT2D eigenvalue weighted by Gasteiger charge is -2.31. The van der Waals surface area contributed by atoms with Crippen LogP contribution in [-0.2, 0) is 4.79 Å². The number of oxime groups is 1. The third kappa shape index (κ3) is 1.77. The minimum atomic E-state index is -0.694. The SMILES string of the molecule is CCC1CCC(C)N1C(=O)C1(C(N)=NO)CC1. The van der Waals surface area contributed by atoms with Crippen LogP contribution in [0.5, 0.6) is 0 Å². The van der Waals surface area contributed by atoms with Gasteiger partial charge in [-0.05, 0) is 39.0 Å². The molecule has 1 aliphatic carbocycles. The van der Waals surface area contributed by atoms with Crippen LogP contribution >= 0.6 is 0 Å². The Labute approximate surface area is 102 Å². The van der Waals surface area contributed by atoms with Crippen molar-refractivity contribution in [2.45, 2.75) is 58.0 Å². The summed E-state index contributed by atoms with van der Waals surface area (Å²) in [5.41, 5.74) is 4.97. The zero-order chi connectivity index (χ0) is 12.6. The number of amidine groups is 1. The second-order valence-corrected chi connectivity index (χ2v) is 5.27. The molecule has 0 aromatic carbocycles. The highest BCUT2D eigenvalue weighted by Crippen LogP contribution is 2.49. The Morgan fingerprint density at radius 3 is 2.65 bits per heavy atom. The van der Waals surface area contributed by atoms with Crippen LogP contribution in [0.25, 0.3) is 0 Å². The lowest BCUT2D eigenvalue weighted by atomic mass is 10.0. The summed E-state index contributed by atoms with van der Waals surface area (Å²) < 4.78 is 0. The van der Waals surface area contributed by atoms with Gasteiger partial charge in [-0.15, -0.1) is 0 Å². The minimum Gasteiger partial charge on any atom is -0.409 e. The van der Waals surface area contributed by atoms with Crippen LogP contribution in [0.2, 0.25) is 0 Å². The molecular formula is C12H21N3O2. The van der Waals surface area contributed by atoms with Crippen molar-refractivity contribution in [1.29, 1.82) is 0 Å². The fraction of sp³-hybridized carbons (Fsp3) is 0.833. The number of nitrogens with zero attached hydrogens (tertiary/aromatic N) is 2. The van der Waals surface area contributed by atoms with Crippen molar-refractivity contribution in [1.82, 2.24) is 4.90 Å². The number of rotatable bonds is 3. The van der Waals surface area contributed by atoms with Crippen molar-refractivity contribution >= 4 is 11.7 Å². The van der Waals surface area contributed by atoms with Crippen LogP contribution in [0.4, 0.5) is 0 Å². The summed E-state index contributed by atoms with van der Waals surface area (Å²) in [7, 11) is 0. The predicted molar refractivity (Wildman–Crippen MR) is 64.7 cm³/mol. The van der Waals surface area contributed by atoms with Gasteiger partial charge in [-0.25, -0.2) is 0 Å². The summed E-state index contributed by atoms with van der Waals surface area (Å²) in [6, 6.07) is 0.595. The molecule has 17 heavy (non-hydrogen) atoms. The molecule has 2 rings (SSSR count). The van der Waals surface area contributed by atoms with Gasteiger partial charge in [-0.1, -0.05) is 12.1 Å². The Morgan fingerprint density at radius 1 is 1.53 bits per heavy atom. The molecule has 1 heterocycles. The fourth-order valence-corrected chi connectivity index (χ4v) is 2.89. The Bertz CT molecular complexity index is 350. The second-order valence-electron chi connectivity index (χ2n) is 5.27. The first-order valence-corrected chi connectivity index (χ1v) is 6.37. The molecule has 0 radical (unpaired) electrons. The summed E-state index contributed by atoms with van der Waals surface area (Å²) in [5.74, 6) is 0.140. The van der Waals surface area contributed by atoms with Crippen LogP contribution < -0.4 is 5.73 Å². The number of carbonyl (C=O) groups excluding carboxylic acids is 1. The number of nitrogens with two attached hydrogens (primary N) is 1. The van der Waals surface area contributed by atoms with Crippen LogP contribution in [0, 0.1) is 5.41 Å². The molecule has 0 aromatic heterocycles. The van der Waals surface area contributed by atoms with E-state index in [2.05, 4.69) is 19.0 Å². The van der Waals surface area contributed by atoms with E-state index in [4.69, 9.17) is 10.9 Å². The van der Waals surface area contributed by atoms with E-state index >= 15 is 0 Å². The van der Waals surface area contributed by atoms with Crippen LogP contribution in [0.15, 0.2) is 5.16 Å². The van der Waals surface area contributed by atoms with Crippen molar-refractivity contribution in [3.05, 3.63) is 0 Å². The molecule has 1 saturated carbocycles. The molecule has 0 aromatic rings. The second kappa shape index (κ2) is 4.20. The maximum Gasteiger partial charge on any atom is 0.237 e. The summed E-state index contributed by atoms with van der Waals surface area (Å²) in [6.45, 7) is 4.18. The van der Waals surface area contributed by atoms with E-state index in [-0.39, 0.29) is 17.8 Å². The van der Waals surface area contributed by atoms with E-state index in [1.807, 2.05) is 4.90 Å². The number of likely N-dealkylation sites (tertiary alicyclic amines) is 1. The highest BCUT2D eigenvalue weighted by atomic mass is 16.4. The lowest BCUT2D eigenvalue weighted by Crippen LogP contribution is -2.48. The molecule has 2 unspecified atom stereocenters. The van der Waals surface area contributed by atoms with Gasteiger partial charge in [-0.3, -0.25) is 4.79 Å². The molecule has 2 atom stereocenters. The average Bonchev–Trinajstić information content (AvgIpc) is 3.06. The Kier molecular flexibility index (Phi) is 3.02. The van der Waals surface area contributed by atoms with Gasteiger partial charge in [0.1, 0.15) is 5.41 Å². The standard InChI is InChI=1S/C12H21N3O2/c1-3-9-5-4-8(2)15(9)11(16)12(6-7-12)10(13)14-17/h8-9,17H,3-7H2,1-2H3,(H2,13,14). The van der Waals surface area contributed by atoms with E-state index in [1.54, 1.807) is 0 Å². The zero-order valence-electron chi connectivity index (χ0n) is 10.5. The molecular weight excluding hydrogens is 218 g/mol. The topological polar surface area (TPSA) is 78.9 Å². The molecule has 2 fully saturated rings. The van der Waals surface area contributed by atoms with Crippen molar-refractivity contribution in [2.24, 2.45) is 16.3 Å². The van der Waals surface area contributed by atoms with Gasteiger partial charge < -0.3 is 15.8 Å². The van der Waals surface area contributed by atoms with E-state index in [1.165, 1.54) is 0 Å². The molecule has 1 saturated heterocycles. The average molecular weight is 239 g/mol. The monoisotopic (exact) mass is 239 g/mol. The van der Waals surface area contributed by atoms with E-state index in [0.29, 0.717) is 18.9 Å². The van der Waals surface area contributed by atoms with Crippen molar-refractivity contribution in [3.8, 4) is 0 Å². The highest BCUT2D eigenvalue weighted by molar-refractivity contribution is 6.09. The fourth-order valence-electron chi connectivity index (χ4n) is 2.89. The van der Waals surface area contributed by atoms with Crippen LogP contribution in [-0.4, -0.2) is 33.9 Å². The number of carbonyl (C=O) groups is 1. The molecule has 0 spiro atoms. The predicted octanol–water partition coefficient (Wildman–Crippen LogP) is 1.30. The van der Waals surface area contributed by atoms with E-state index in [0.717, 1.165) is 19.3 Å². The Morgan fingerprint density at radius 2 is 2.18 bits per heavy atom. The number of amides is 1. The summed E-state index contributed by atoms with van der Waals surface area (Å²) in [4.78, 5) is 14.5. The highest BCUT2D eigenvalue weighted by Gasteiger charge is 2.57. The van der Waals surface area contributed by atoms with Gasteiger partial charge in [0, 0.05) is 12.1 Å². The Balaban J connectivity index is 2.20. The summed E-state index contributed by atoms with van der Waals surface area (Å²) in [5, 5.41) is 11.8. The molecule has 96 valence electrons. The quantitative estimate of drug-likeness (QED) is 0.337. The van der Waals surface area contributed by atoms with Crippen molar-refractivity contribution in [3.63, 3.8) is 0 Å². The first kappa shape index (κ1) is 12.2. The lowest BCUT2D eigenvalue weighted by molar-refractivity contribution is -0.137. The third-order valence-corrected chi connectivity index (χ3v) is 4.25. The zero-order valence-corrected chi connectivity index (χ0v) is 10.5. The van der Waals surface area contributed by atoms with E-state index < -0.39 is 5.41 Å². The first-order valence-electron chi connectivity index (χ1n) is 6.37. The van der Waals surface area contributed by atoms with Gasteiger partial charge in [0.15, 0.2) is 5.84 Å². The van der Waals surface area contributed by atoms with Crippen molar-refractivity contribution in [2.75, 3.05) is 0 Å². The smallest absolute Gasteiger partial charge is 0.237 e. The van der Waals surface area contributed by atoms with E-state index in [9.17, 15) is 4.79 Å². The molecule has 0 bridgehead atoms. The van der Waals surface area contributed by atoms with Gasteiger partial charge in [0.2, 0.25) is 5.91 Å². The Hall–Kier alpha value is -1.26. The summed E-state index contributed by atoms with van der Waals surface area (Å²) >= 11 is 0. The maximum absolute atomic E-state index is 12.6. The van der Waals surface area contributed by atoms with Crippen LogP contribution in [0.1, 0.15) is 46.0 Å². The minimum absolute atomic E-state index is 0.0599. The van der Waals surface area contributed by atoms with Gasteiger partial charge in [-0.2, -0.15) is 0 Å². The van der Waals surface area contributed by atoms with Crippen molar-refractivity contribution < 1.29 is 10.0 Å². The number of hydrogen-bond donors (Lipinski definition) is 2. The van der Waals surface area contributed by atoms with Gasteiger partial charge in [0.25, 0.3) is 0 Å². The molecule has 5 heteroatoms. The molecule has 3 N–H and O–H groups in total. The normalized spacial score (nSPS) is 31.6. The third-order valence-electron chi connectivity index (χ3n) is 4.25. The number of hydrogen-bond acceptors (Lipinski definition) is 3. The maximum atomic E-state index is 12.6.